The van der Waals surface area contributed by atoms with Crippen LogP contribution in [0.4, 0.5) is 5.69 Å². The van der Waals surface area contributed by atoms with E-state index in [4.69, 9.17) is 21.1 Å². The summed E-state index contributed by atoms with van der Waals surface area (Å²) >= 11 is 7.12. The minimum Gasteiger partial charge on any atom is -0.495 e. The Kier molecular flexibility index (Phi) is 6.73. The molecule has 0 bridgehead atoms. The van der Waals surface area contributed by atoms with Gasteiger partial charge in [-0.25, -0.2) is 13.4 Å². The molecule has 1 fully saturated rings. The van der Waals surface area contributed by atoms with Gasteiger partial charge in [0.1, 0.15) is 22.0 Å². The Morgan fingerprint density at radius 3 is 2.76 bits per heavy atom. The summed E-state index contributed by atoms with van der Waals surface area (Å²) in [5, 5.41) is 3.04. The van der Waals surface area contributed by atoms with Crippen molar-refractivity contribution in [2.75, 3.05) is 38.7 Å². The number of carbonyl (C=O) groups excluding carboxylic acids is 1. The fraction of sp³-hybridized carbons (Fsp3) is 0.350. The van der Waals surface area contributed by atoms with Gasteiger partial charge in [-0.05, 0) is 25.1 Å². The van der Waals surface area contributed by atoms with Gasteiger partial charge in [0.15, 0.2) is 0 Å². The Balaban J connectivity index is 1.69. The van der Waals surface area contributed by atoms with E-state index in [1.54, 1.807) is 19.1 Å². The van der Waals surface area contributed by atoms with Crippen LogP contribution in [0.25, 0.3) is 10.2 Å². The number of halogens is 1. The zero-order valence-corrected chi connectivity index (χ0v) is 20.2. The predicted molar refractivity (Wildman–Crippen MR) is 125 cm³/mol. The third-order valence-corrected chi connectivity index (χ3v) is 8.57. The molecule has 33 heavy (non-hydrogen) atoms. The van der Waals surface area contributed by atoms with Crippen LogP contribution in [0, 0.1) is 6.92 Å². The van der Waals surface area contributed by atoms with Crippen LogP contribution in [-0.4, -0.2) is 61.6 Å². The van der Waals surface area contributed by atoms with Crippen LogP contribution < -0.4 is 15.6 Å². The number of methoxy groups -OCH3 is 1. The van der Waals surface area contributed by atoms with E-state index in [2.05, 4.69) is 10.3 Å². The van der Waals surface area contributed by atoms with Crippen molar-refractivity contribution in [1.29, 1.82) is 0 Å². The van der Waals surface area contributed by atoms with Crippen LogP contribution in [0.3, 0.4) is 0 Å². The summed E-state index contributed by atoms with van der Waals surface area (Å²) in [4.78, 5) is 30.8. The number of fused-ring (bicyclic) bond motifs is 1. The van der Waals surface area contributed by atoms with Crippen molar-refractivity contribution < 1.29 is 22.7 Å². The first-order chi connectivity index (χ1) is 15.7. The molecule has 1 N–H and O–H groups in total. The number of thiophene rings is 1. The zero-order chi connectivity index (χ0) is 23.8. The van der Waals surface area contributed by atoms with Gasteiger partial charge < -0.3 is 14.8 Å². The van der Waals surface area contributed by atoms with Crippen molar-refractivity contribution in [2.24, 2.45) is 0 Å². The Labute approximate surface area is 198 Å². The van der Waals surface area contributed by atoms with Crippen LogP contribution >= 0.6 is 22.9 Å². The highest BCUT2D eigenvalue weighted by molar-refractivity contribution is 7.89. The summed E-state index contributed by atoms with van der Waals surface area (Å²) in [5.41, 5.74) is -0.261. The molecular formula is C20H21ClN4O6S2. The minimum atomic E-state index is -3.93. The van der Waals surface area contributed by atoms with Crippen LogP contribution in [0.2, 0.25) is 5.02 Å². The Morgan fingerprint density at radius 1 is 1.33 bits per heavy atom. The number of hydrogen-bond donors (Lipinski definition) is 1. The lowest BCUT2D eigenvalue weighted by molar-refractivity contribution is -0.116. The third-order valence-electron chi connectivity index (χ3n) is 5.12. The van der Waals surface area contributed by atoms with Crippen LogP contribution in [-0.2, 0) is 26.1 Å². The lowest BCUT2D eigenvalue weighted by Gasteiger charge is -2.26. The number of hydrogen-bond acceptors (Lipinski definition) is 8. The second kappa shape index (κ2) is 9.39. The molecule has 0 aliphatic carbocycles. The number of carbonyl (C=O) groups is 1. The zero-order valence-electron chi connectivity index (χ0n) is 17.8. The van der Waals surface area contributed by atoms with Crippen molar-refractivity contribution in [2.45, 2.75) is 18.4 Å². The number of rotatable bonds is 6. The van der Waals surface area contributed by atoms with Gasteiger partial charge >= 0.3 is 0 Å². The first kappa shape index (κ1) is 23.6. The highest BCUT2D eigenvalue weighted by atomic mass is 35.5. The topological polar surface area (TPSA) is 120 Å². The summed E-state index contributed by atoms with van der Waals surface area (Å²) in [6.07, 6.45) is 1.24. The van der Waals surface area contributed by atoms with Gasteiger partial charge in [-0.3, -0.25) is 14.2 Å². The Hall–Kier alpha value is -2.51. The number of morpholine rings is 1. The first-order valence-corrected chi connectivity index (χ1v) is 12.6. The van der Waals surface area contributed by atoms with Crippen molar-refractivity contribution >= 4 is 54.8 Å². The number of ether oxygens (including phenoxy) is 2. The van der Waals surface area contributed by atoms with Crippen molar-refractivity contribution in [3.05, 3.63) is 44.8 Å². The molecule has 2 aromatic heterocycles. The molecule has 0 unspecified atom stereocenters. The van der Waals surface area contributed by atoms with Crippen LogP contribution in [0.15, 0.2) is 34.2 Å². The molecule has 4 rings (SSSR count). The molecule has 1 aromatic carbocycles. The average molecular weight is 513 g/mol. The summed E-state index contributed by atoms with van der Waals surface area (Å²) in [6.45, 7) is 2.26. The summed E-state index contributed by atoms with van der Waals surface area (Å²) < 4.78 is 39.5. The van der Waals surface area contributed by atoms with Crippen molar-refractivity contribution in [3.63, 3.8) is 0 Å². The number of anilines is 1. The van der Waals surface area contributed by atoms with E-state index in [9.17, 15) is 18.0 Å². The summed E-state index contributed by atoms with van der Waals surface area (Å²) in [5.74, 6) is -0.121. The minimum absolute atomic E-state index is 0.0142. The van der Waals surface area contributed by atoms with Gasteiger partial charge in [-0.1, -0.05) is 11.6 Å². The quantitative estimate of drug-likeness (QED) is 0.537. The molecule has 0 spiro atoms. The molecule has 13 heteroatoms. The van der Waals surface area contributed by atoms with Gasteiger partial charge in [0.25, 0.3) is 5.56 Å². The number of sulfonamides is 1. The van der Waals surface area contributed by atoms with Gasteiger partial charge in [0.2, 0.25) is 15.9 Å². The lowest BCUT2D eigenvalue weighted by Crippen LogP contribution is -2.41. The number of aryl methyl sites for hydroxylation is 1. The molecule has 0 saturated carbocycles. The van der Waals surface area contributed by atoms with Crippen LogP contribution in [0.5, 0.6) is 5.75 Å². The number of nitrogens with one attached hydrogen (secondary N) is 1. The second-order valence-corrected chi connectivity index (χ2v) is 10.8. The second-order valence-electron chi connectivity index (χ2n) is 7.25. The molecule has 1 amide bonds. The third kappa shape index (κ3) is 4.62. The fourth-order valence-corrected chi connectivity index (χ4v) is 6.82. The highest BCUT2D eigenvalue weighted by Crippen LogP contribution is 2.33. The normalized spacial score (nSPS) is 15.0. The predicted octanol–water partition coefficient (Wildman–Crippen LogP) is 2.09. The fourth-order valence-electron chi connectivity index (χ4n) is 3.57. The SMILES string of the molecule is COc1ccc(Cl)cc1NC(=O)Cn1cnc2sc(C)c(S(=O)(=O)N3CCOCC3)c2c1=O. The van der Waals surface area contributed by atoms with Gasteiger partial charge in [-0.15, -0.1) is 11.3 Å². The molecule has 1 aliphatic rings. The largest absolute Gasteiger partial charge is 0.495 e. The monoisotopic (exact) mass is 512 g/mol. The molecule has 0 atom stereocenters. The molecule has 0 radical (unpaired) electrons. The Morgan fingerprint density at radius 2 is 2.06 bits per heavy atom. The lowest BCUT2D eigenvalue weighted by atomic mass is 10.3. The average Bonchev–Trinajstić information content (AvgIpc) is 3.14. The van der Waals surface area contributed by atoms with Crippen molar-refractivity contribution in [3.8, 4) is 5.75 Å². The molecule has 3 aromatic rings. The van der Waals surface area contributed by atoms with Crippen LogP contribution in [0.1, 0.15) is 4.88 Å². The summed E-state index contributed by atoms with van der Waals surface area (Å²) in [7, 11) is -2.47. The van der Waals surface area contributed by atoms with E-state index >= 15 is 0 Å². The number of aromatic nitrogens is 2. The van der Waals surface area contributed by atoms with E-state index in [0.717, 1.165) is 15.9 Å². The molecule has 10 nitrogen and oxygen atoms in total. The maximum atomic E-state index is 13.3. The molecule has 176 valence electrons. The van der Waals surface area contributed by atoms with Gasteiger partial charge in [-0.2, -0.15) is 4.31 Å². The van der Waals surface area contributed by atoms with Gasteiger partial charge in [0, 0.05) is 23.0 Å². The van der Waals surface area contributed by atoms with Gasteiger partial charge in [0.05, 0.1) is 37.7 Å². The standard InChI is InChI=1S/C20H21ClN4O6S2/c1-12-18(33(28,29)25-5-7-31-8-6-25)17-19(32-12)22-11-24(20(17)27)10-16(26)23-14-9-13(21)3-4-15(14)30-2/h3-4,9,11H,5-8,10H2,1-2H3,(H,23,26). The maximum Gasteiger partial charge on any atom is 0.263 e. The van der Waals surface area contributed by atoms with E-state index in [-0.39, 0.29) is 43.1 Å². The van der Waals surface area contributed by atoms with E-state index < -0.39 is 21.5 Å². The van der Waals surface area contributed by atoms with Crippen molar-refractivity contribution in [1.82, 2.24) is 13.9 Å². The molecule has 1 saturated heterocycles. The van der Waals surface area contributed by atoms with E-state index in [1.807, 2.05) is 0 Å². The summed E-state index contributed by atoms with van der Waals surface area (Å²) in [6, 6.07) is 4.75. The first-order valence-electron chi connectivity index (χ1n) is 9.92. The smallest absolute Gasteiger partial charge is 0.263 e. The maximum absolute atomic E-state index is 13.3. The molecule has 3 heterocycles. The van der Waals surface area contributed by atoms with E-state index in [1.165, 1.54) is 23.8 Å². The Bertz CT molecular complexity index is 1380. The van der Waals surface area contributed by atoms with E-state index in [0.29, 0.717) is 26.2 Å². The number of amides is 1. The molecular weight excluding hydrogens is 492 g/mol. The number of benzene rings is 1. The molecule has 1 aliphatic heterocycles. The number of nitrogens with zero attached hydrogens (tertiary/aromatic N) is 3. The highest BCUT2D eigenvalue weighted by Gasteiger charge is 2.32.